The highest BCUT2D eigenvalue weighted by Gasteiger charge is 2.09. The lowest BCUT2D eigenvalue weighted by Gasteiger charge is -1.91. The summed E-state index contributed by atoms with van der Waals surface area (Å²) < 4.78 is 1.38. The van der Waals surface area contributed by atoms with Crippen LogP contribution in [0, 0.1) is 0 Å². The van der Waals surface area contributed by atoms with Crippen molar-refractivity contribution in [2.75, 3.05) is 0 Å². The van der Waals surface area contributed by atoms with Gasteiger partial charge in [-0.3, -0.25) is 4.68 Å². The van der Waals surface area contributed by atoms with Crippen molar-refractivity contribution in [2.24, 2.45) is 7.05 Å². The summed E-state index contributed by atoms with van der Waals surface area (Å²) in [7, 11) is 1.63. The first kappa shape index (κ1) is 11.0. The van der Waals surface area contributed by atoms with Crippen LogP contribution in [0.2, 0.25) is 0 Å². The van der Waals surface area contributed by atoms with Gasteiger partial charge in [0.25, 0.3) is 0 Å². The molecule has 0 amide bonds. The van der Waals surface area contributed by atoms with Crippen LogP contribution in [0.5, 0.6) is 0 Å². The van der Waals surface area contributed by atoms with E-state index in [1.165, 1.54) is 4.68 Å². The number of carboxylic acids is 1. The Morgan fingerprint density at radius 2 is 2.33 bits per heavy atom. The molecule has 5 heteroatoms. The van der Waals surface area contributed by atoms with Crippen LogP contribution < -0.4 is 0 Å². The van der Waals surface area contributed by atoms with E-state index in [0.29, 0.717) is 0 Å². The Balaban J connectivity index is 0.00000121. The summed E-state index contributed by atoms with van der Waals surface area (Å²) in [6.45, 7) is 1.94. The van der Waals surface area contributed by atoms with E-state index in [0.717, 1.165) is 12.1 Å². The lowest BCUT2D eigenvalue weighted by atomic mass is 10.3. The molecule has 0 atom stereocenters. The molecule has 0 spiro atoms. The van der Waals surface area contributed by atoms with E-state index in [2.05, 4.69) is 5.10 Å². The van der Waals surface area contributed by atoms with Crippen molar-refractivity contribution in [2.45, 2.75) is 13.3 Å². The fraction of sp³-hybridized carbons (Fsp3) is 0.429. The molecule has 12 heavy (non-hydrogen) atoms. The number of aromatic nitrogens is 2. The Morgan fingerprint density at radius 1 is 1.75 bits per heavy atom. The van der Waals surface area contributed by atoms with Crippen molar-refractivity contribution < 1.29 is 9.90 Å². The molecule has 0 saturated carbocycles. The van der Waals surface area contributed by atoms with Crippen LogP contribution in [0.4, 0.5) is 0 Å². The molecule has 0 saturated heterocycles. The molecule has 0 aromatic carbocycles. The number of hydrogen-bond acceptors (Lipinski definition) is 2. The highest BCUT2D eigenvalue weighted by molar-refractivity contribution is 5.85. The lowest BCUT2D eigenvalue weighted by Crippen LogP contribution is -2.04. The van der Waals surface area contributed by atoms with Crippen LogP contribution in [0.25, 0.3) is 0 Å². The number of rotatable bonds is 2. The number of hydrogen-bond donors (Lipinski definition) is 1. The molecule has 0 fully saturated rings. The first-order valence-electron chi connectivity index (χ1n) is 3.41. The van der Waals surface area contributed by atoms with E-state index in [1.807, 2.05) is 6.92 Å². The van der Waals surface area contributed by atoms with E-state index in [4.69, 9.17) is 5.11 Å². The number of carboxylic acid groups (broad SMARTS) is 1. The third-order valence-electron chi connectivity index (χ3n) is 1.51. The maximum absolute atomic E-state index is 10.5. The van der Waals surface area contributed by atoms with Gasteiger partial charge in [0.15, 0.2) is 0 Å². The maximum Gasteiger partial charge on any atom is 0.354 e. The van der Waals surface area contributed by atoms with Gasteiger partial charge in [-0.25, -0.2) is 4.79 Å². The van der Waals surface area contributed by atoms with Gasteiger partial charge in [-0.1, -0.05) is 6.92 Å². The second-order valence-electron chi connectivity index (χ2n) is 2.30. The minimum atomic E-state index is -0.931. The highest BCUT2D eigenvalue weighted by atomic mass is 35.5. The number of aryl methyl sites for hydroxylation is 2. The van der Waals surface area contributed by atoms with Crippen LogP contribution >= 0.6 is 12.4 Å². The first-order chi connectivity index (χ1) is 5.15. The monoisotopic (exact) mass is 190 g/mol. The summed E-state index contributed by atoms with van der Waals surface area (Å²) in [5.41, 5.74) is 1.05. The van der Waals surface area contributed by atoms with Gasteiger partial charge in [0, 0.05) is 7.05 Å². The SMILES string of the molecule is CCc1cc(C(=O)O)n(C)n1.Cl. The van der Waals surface area contributed by atoms with Crippen molar-refractivity contribution in [1.82, 2.24) is 9.78 Å². The smallest absolute Gasteiger partial charge is 0.354 e. The third-order valence-corrected chi connectivity index (χ3v) is 1.51. The summed E-state index contributed by atoms with van der Waals surface area (Å²) in [6, 6.07) is 1.59. The predicted molar refractivity (Wildman–Crippen MR) is 46.8 cm³/mol. The van der Waals surface area contributed by atoms with E-state index < -0.39 is 5.97 Å². The average molecular weight is 191 g/mol. The Labute approximate surface area is 76.6 Å². The van der Waals surface area contributed by atoms with Crippen molar-refractivity contribution in [3.8, 4) is 0 Å². The van der Waals surface area contributed by atoms with Gasteiger partial charge < -0.3 is 5.11 Å². The van der Waals surface area contributed by atoms with Gasteiger partial charge in [0.2, 0.25) is 0 Å². The van der Waals surface area contributed by atoms with Gasteiger partial charge in [-0.2, -0.15) is 5.10 Å². The molecule has 0 radical (unpaired) electrons. The van der Waals surface area contributed by atoms with Crippen LogP contribution in [0.15, 0.2) is 6.07 Å². The molecule has 1 rings (SSSR count). The zero-order valence-electron chi connectivity index (χ0n) is 6.94. The standard InChI is InChI=1S/C7H10N2O2.ClH/c1-3-5-4-6(7(10)11)9(2)8-5;/h4H,3H2,1-2H3,(H,10,11);1H. The highest BCUT2D eigenvalue weighted by Crippen LogP contribution is 2.02. The minimum Gasteiger partial charge on any atom is -0.477 e. The van der Waals surface area contributed by atoms with Gasteiger partial charge in [-0.05, 0) is 12.5 Å². The molecule has 0 aliphatic heterocycles. The zero-order chi connectivity index (χ0) is 8.43. The zero-order valence-corrected chi connectivity index (χ0v) is 7.76. The Hall–Kier alpha value is -1.03. The van der Waals surface area contributed by atoms with Crippen molar-refractivity contribution in [1.29, 1.82) is 0 Å². The largest absolute Gasteiger partial charge is 0.477 e. The molecular weight excluding hydrogens is 180 g/mol. The van der Waals surface area contributed by atoms with Crippen LogP contribution in [0.3, 0.4) is 0 Å². The van der Waals surface area contributed by atoms with E-state index in [1.54, 1.807) is 13.1 Å². The second-order valence-corrected chi connectivity index (χ2v) is 2.30. The van der Waals surface area contributed by atoms with E-state index in [-0.39, 0.29) is 18.1 Å². The number of halogens is 1. The average Bonchev–Trinajstić information content (AvgIpc) is 2.30. The Morgan fingerprint density at radius 3 is 2.58 bits per heavy atom. The van der Waals surface area contributed by atoms with Crippen LogP contribution in [0.1, 0.15) is 23.1 Å². The first-order valence-corrected chi connectivity index (χ1v) is 3.41. The molecule has 1 heterocycles. The molecule has 1 aromatic rings. The van der Waals surface area contributed by atoms with E-state index in [9.17, 15) is 4.79 Å². The van der Waals surface area contributed by atoms with Crippen molar-refractivity contribution in [3.63, 3.8) is 0 Å². The number of nitrogens with zero attached hydrogens (tertiary/aromatic N) is 2. The normalized spacial score (nSPS) is 9.17. The summed E-state index contributed by atoms with van der Waals surface area (Å²) in [4.78, 5) is 10.5. The molecule has 0 bridgehead atoms. The van der Waals surface area contributed by atoms with E-state index >= 15 is 0 Å². The third kappa shape index (κ3) is 1.98. The molecule has 1 N–H and O–H groups in total. The molecule has 68 valence electrons. The number of carbonyl (C=O) groups is 1. The molecule has 0 unspecified atom stereocenters. The fourth-order valence-corrected chi connectivity index (χ4v) is 0.900. The van der Waals surface area contributed by atoms with Crippen LogP contribution in [-0.2, 0) is 13.5 Å². The van der Waals surface area contributed by atoms with Gasteiger partial charge in [0.1, 0.15) is 5.69 Å². The van der Waals surface area contributed by atoms with Crippen LogP contribution in [-0.4, -0.2) is 20.9 Å². The van der Waals surface area contributed by atoms with Crippen molar-refractivity contribution >= 4 is 18.4 Å². The quantitative estimate of drug-likeness (QED) is 0.760. The molecular formula is C7H11ClN2O2. The van der Waals surface area contributed by atoms with Gasteiger partial charge in [0.05, 0.1) is 5.69 Å². The summed E-state index contributed by atoms with van der Waals surface area (Å²) in [5.74, 6) is -0.931. The lowest BCUT2D eigenvalue weighted by molar-refractivity contribution is 0.0685. The van der Waals surface area contributed by atoms with Crippen molar-refractivity contribution in [3.05, 3.63) is 17.5 Å². The molecule has 4 nitrogen and oxygen atoms in total. The van der Waals surface area contributed by atoms with Gasteiger partial charge in [-0.15, -0.1) is 12.4 Å². The predicted octanol–water partition coefficient (Wildman–Crippen LogP) is 1.10. The Bertz CT molecular complexity index is 283. The topological polar surface area (TPSA) is 55.1 Å². The molecule has 0 aliphatic rings. The Kier molecular flexibility index (Phi) is 3.76. The molecule has 1 aromatic heterocycles. The summed E-state index contributed by atoms with van der Waals surface area (Å²) >= 11 is 0. The van der Waals surface area contributed by atoms with Gasteiger partial charge >= 0.3 is 5.97 Å². The summed E-state index contributed by atoms with van der Waals surface area (Å²) in [5, 5.41) is 12.6. The maximum atomic E-state index is 10.5. The fourth-order valence-electron chi connectivity index (χ4n) is 0.900. The molecule has 0 aliphatic carbocycles. The minimum absolute atomic E-state index is 0. The number of aromatic carboxylic acids is 1. The summed E-state index contributed by atoms with van der Waals surface area (Å²) in [6.07, 6.45) is 0.765. The second kappa shape index (κ2) is 4.11.